The summed E-state index contributed by atoms with van der Waals surface area (Å²) in [6.45, 7) is 3.62. The third-order valence-corrected chi connectivity index (χ3v) is 1.64. The van der Waals surface area contributed by atoms with Crippen LogP contribution in [0.4, 0.5) is 0 Å². The Morgan fingerprint density at radius 2 is 1.86 bits per heavy atom. The van der Waals surface area contributed by atoms with Gasteiger partial charge in [-0.15, -0.1) is 0 Å². The molecule has 0 amide bonds. The van der Waals surface area contributed by atoms with E-state index in [-0.39, 0.29) is 0 Å². The van der Waals surface area contributed by atoms with Crippen LogP contribution < -0.4 is 0 Å². The van der Waals surface area contributed by atoms with Crippen LogP contribution in [0.2, 0.25) is 0 Å². The normalized spacial score (nSPS) is 22.9. The highest BCUT2D eigenvalue weighted by Gasteiger charge is 2.01. The van der Waals surface area contributed by atoms with Crippen LogP contribution in [0.25, 0.3) is 0 Å². The minimum Gasteiger partial charge on any atom is -0.501 e. The molecular weight excluding hydrogens is 84.1 g/mol. The second-order valence-electron chi connectivity index (χ2n) is 2.19. The van der Waals surface area contributed by atoms with Crippen LogP contribution in [-0.4, -0.2) is 0 Å². The van der Waals surface area contributed by atoms with E-state index >= 15 is 0 Å². The van der Waals surface area contributed by atoms with Crippen LogP contribution in [0.1, 0.15) is 25.7 Å². The van der Waals surface area contributed by atoms with Crippen molar-refractivity contribution in [2.24, 2.45) is 5.92 Å². The van der Waals surface area contributed by atoms with Crippen molar-refractivity contribution in [1.82, 2.24) is 0 Å². The van der Waals surface area contributed by atoms with Crippen LogP contribution in [0.15, 0.2) is 6.58 Å². The third-order valence-electron chi connectivity index (χ3n) is 1.64. The fourth-order valence-electron chi connectivity index (χ4n) is 1.13. The van der Waals surface area contributed by atoms with Crippen LogP contribution in [0, 0.1) is 12.0 Å². The summed E-state index contributed by atoms with van der Waals surface area (Å²) in [5.74, 6) is 0.736. The summed E-state index contributed by atoms with van der Waals surface area (Å²) in [4.78, 5) is 0. The van der Waals surface area contributed by atoms with Crippen molar-refractivity contribution < 1.29 is 0 Å². The maximum absolute atomic E-state index is 3.62. The van der Waals surface area contributed by atoms with Crippen LogP contribution in [0.3, 0.4) is 0 Å². The van der Waals surface area contributed by atoms with E-state index in [1.807, 2.05) is 0 Å². The van der Waals surface area contributed by atoms with Crippen molar-refractivity contribution in [3.05, 3.63) is 12.7 Å². The minimum atomic E-state index is 0.736. The van der Waals surface area contributed by atoms with Gasteiger partial charge in [0.2, 0.25) is 0 Å². The van der Waals surface area contributed by atoms with Gasteiger partial charge in [-0.2, -0.15) is 5.92 Å². The molecule has 1 fully saturated rings. The number of rotatable bonds is 1. The van der Waals surface area contributed by atoms with E-state index in [0.29, 0.717) is 0 Å². The van der Waals surface area contributed by atoms with Crippen LogP contribution in [-0.2, 0) is 0 Å². The predicted octanol–water partition coefficient (Wildman–Crippen LogP) is 2.17. The van der Waals surface area contributed by atoms with Crippen molar-refractivity contribution in [3.63, 3.8) is 0 Å². The molecule has 0 nitrogen and oxygen atoms in total. The first kappa shape index (κ1) is 4.89. The first-order valence-electron chi connectivity index (χ1n) is 2.96. The van der Waals surface area contributed by atoms with Gasteiger partial charge in [0.15, 0.2) is 0 Å². The van der Waals surface area contributed by atoms with Gasteiger partial charge in [0.05, 0.1) is 0 Å². The fraction of sp³-hybridized carbons (Fsp3) is 0.714. The van der Waals surface area contributed by atoms with Gasteiger partial charge in [0, 0.05) is 0 Å². The maximum Gasteiger partial charge on any atom is -0.0554 e. The topological polar surface area (TPSA) is 0 Å². The Morgan fingerprint density at radius 3 is 2.14 bits per heavy atom. The van der Waals surface area contributed by atoms with E-state index in [1.165, 1.54) is 25.7 Å². The smallest absolute Gasteiger partial charge is 0.0554 e. The minimum absolute atomic E-state index is 0.736. The van der Waals surface area contributed by atoms with E-state index in [4.69, 9.17) is 0 Å². The molecule has 0 aromatic rings. The zero-order valence-electron chi connectivity index (χ0n) is 4.61. The Hall–Kier alpha value is -0.260. The van der Waals surface area contributed by atoms with Gasteiger partial charge in [-0.05, 0) is 0 Å². The van der Waals surface area contributed by atoms with Crippen molar-refractivity contribution in [1.29, 1.82) is 0 Å². The standard InChI is InChI=1S/C7H11/c1-2-7-5-3-4-6-7/h7H,1,3-6H2/q-1. The molecule has 0 radical (unpaired) electrons. The predicted molar refractivity (Wildman–Crippen MR) is 30.8 cm³/mol. The summed E-state index contributed by atoms with van der Waals surface area (Å²) in [7, 11) is 0. The summed E-state index contributed by atoms with van der Waals surface area (Å²) in [6, 6.07) is 0. The zero-order valence-corrected chi connectivity index (χ0v) is 4.61. The van der Waals surface area contributed by atoms with E-state index in [0.717, 1.165) is 5.92 Å². The summed E-state index contributed by atoms with van der Waals surface area (Å²) in [5, 5.41) is 0. The molecule has 0 unspecified atom stereocenters. The molecule has 1 rings (SSSR count). The second kappa shape index (κ2) is 2.15. The number of allylic oxidation sites excluding steroid dienone is 1. The van der Waals surface area contributed by atoms with Gasteiger partial charge in [0.25, 0.3) is 0 Å². The van der Waals surface area contributed by atoms with E-state index < -0.39 is 0 Å². The monoisotopic (exact) mass is 95.1 g/mol. The molecule has 40 valence electrons. The molecule has 0 spiro atoms. The lowest BCUT2D eigenvalue weighted by molar-refractivity contribution is 0.668. The van der Waals surface area contributed by atoms with E-state index in [1.54, 1.807) is 0 Å². The van der Waals surface area contributed by atoms with Gasteiger partial charge in [-0.1, -0.05) is 25.7 Å². The van der Waals surface area contributed by atoms with Gasteiger partial charge in [0.1, 0.15) is 0 Å². The lowest BCUT2D eigenvalue weighted by Crippen LogP contribution is -1.83. The second-order valence-corrected chi connectivity index (χ2v) is 2.19. The summed E-state index contributed by atoms with van der Waals surface area (Å²) >= 11 is 0. The molecule has 0 N–H and O–H groups in total. The molecule has 0 aromatic heterocycles. The van der Waals surface area contributed by atoms with Crippen molar-refractivity contribution in [3.8, 4) is 0 Å². The van der Waals surface area contributed by atoms with Gasteiger partial charge >= 0.3 is 0 Å². The Balaban J connectivity index is 2.26. The summed E-state index contributed by atoms with van der Waals surface area (Å²) < 4.78 is 0. The van der Waals surface area contributed by atoms with E-state index in [2.05, 4.69) is 12.7 Å². The quantitative estimate of drug-likeness (QED) is 0.438. The van der Waals surface area contributed by atoms with Crippen LogP contribution >= 0.6 is 0 Å². The van der Waals surface area contributed by atoms with E-state index in [9.17, 15) is 0 Å². The lowest BCUT2D eigenvalue weighted by Gasteiger charge is -2.10. The molecule has 0 heteroatoms. The molecule has 0 aromatic carbocycles. The Bertz CT molecular complexity index is 58.4. The summed E-state index contributed by atoms with van der Waals surface area (Å²) in [5.41, 5.74) is 0. The number of hydrogen-bond acceptors (Lipinski definition) is 0. The SMILES string of the molecule is C=[C-]C1CCCC1. The lowest BCUT2D eigenvalue weighted by atomic mass is 10.1. The molecule has 0 saturated heterocycles. The largest absolute Gasteiger partial charge is 0.501 e. The molecule has 0 bridgehead atoms. The van der Waals surface area contributed by atoms with Gasteiger partial charge in [-0.25, -0.2) is 0 Å². The van der Waals surface area contributed by atoms with Gasteiger partial charge < -0.3 is 6.08 Å². The highest BCUT2D eigenvalue weighted by Crippen LogP contribution is 2.24. The molecule has 7 heavy (non-hydrogen) atoms. The first-order valence-corrected chi connectivity index (χ1v) is 2.96. The Kier molecular flexibility index (Phi) is 1.50. The summed E-state index contributed by atoms with van der Waals surface area (Å²) in [6.07, 6.45) is 8.48. The molecule has 0 heterocycles. The molecule has 1 aliphatic rings. The maximum atomic E-state index is 3.62. The average molecular weight is 95.2 g/mol. The molecule has 1 aliphatic carbocycles. The number of hydrogen-bond donors (Lipinski definition) is 0. The van der Waals surface area contributed by atoms with Gasteiger partial charge in [-0.3, -0.25) is 6.58 Å². The third kappa shape index (κ3) is 1.05. The fourth-order valence-corrected chi connectivity index (χ4v) is 1.13. The highest BCUT2D eigenvalue weighted by molar-refractivity contribution is 4.75. The van der Waals surface area contributed by atoms with Crippen LogP contribution in [0.5, 0.6) is 0 Å². The molecule has 0 aliphatic heterocycles. The Labute approximate surface area is 45.2 Å². The van der Waals surface area contributed by atoms with Crippen molar-refractivity contribution in [2.75, 3.05) is 0 Å². The molecule has 1 saturated carbocycles. The average Bonchev–Trinajstić information content (AvgIpc) is 2.14. The molecule has 0 atom stereocenters. The first-order chi connectivity index (χ1) is 3.43. The zero-order chi connectivity index (χ0) is 5.11. The van der Waals surface area contributed by atoms with Crippen molar-refractivity contribution in [2.45, 2.75) is 25.7 Å². The van der Waals surface area contributed by atoms with Crippen molar-refractivity contribution >= 4 is 0 Å². The Morgan fingerprint density at radius 1 is 1.29 bits per heavy atom. The molecular formula is C7H11-. The highest BCUT2D eigenvalue weighted by atomic mass is 14.1.